The van der Waals surface area contributed by atoms with Gasteiger partial charge in [-0.3, -0.25) is 0 Å². The lowest BCUT2D eigenvalue weighted by molar-refractivity contribution is 0.654. The van der Waals surface area contributed by atoms with E-state index in [9.17, 15) is 0 Å². The molecule has 0 N–H and O–H groups in total. The molecule has 0 atom stereocenters. The minimum Gasteiger partial charge on any atom is -0.456 e. The van der Waals surface area contributed by atoms with E-state index in [1.807, 2.05) is 29.5 Å². The number of hydrogen-bond donors (Lipinski definition) is 0. The SMILES string of the molecule is c1ccc2c(c1)oc1ccc(-c3ccc4sc5ccc(-c6ccc7c(c6)c6ccccc6n7-c6ccc7oc8ncccc8c7c6)cc5c4c3)cc12. The summed E-state index contributed by atoms with van der Waals surface area (Å²) >= 11 is 1.85. The molecule has 0 unspecified atom stereocenters. The number of furan rings is 2. The van der Waals surface area contributed by atoms with E-state index in [1.165, 1.54) is 64.2 Å². The van der Waals surface area contributed by atoms with Crippen molar-refractivity contribution in [1.82, 2.24) is 9.55 Å². The number of rotatable bonds is 3. The van der Waals surface area contributed by atoms with Crippen molar-refractivity contribution in [3.05, 3.63) is 158 Å². The molecule has 0 saturated heterocycles. The maximum atomic E-state index is 6.11. The van der Waals surface area contributed by atoms with Gasteiger partial charge >= 0.3 is 0 Å². The largest absolute Gasteiger partial charge is 0.456 e. The molecule has 4 nitrogen and oxygen atoms in total. The number of para-hydroxylation sites is 2. The summed E-state index contributed by atoms with van der Waals surface area (Å²) in [6.07, 6.45) is 1.77. The van der Waals surface area contributed by atoms with Gasteiger partial charge in [0.05, 0.1) is 11.0 Å². The van der Waals surface area contributed by atoms with E-state index in [0.717, 1.165) is 44.0 Å². The second-order valence-electron chi connectivity index (χ2n) is 13.6. The lowest BCUT2D eigenvalue weighted by Gasteiger charge is -2.09. The van der Waals surface area contributed by atoms with Crippen molar-refractivity contribution in [3.8, 4) is 27.9 Å². The molecule has 0 spiro atoms. The van der Waals surface area contributed by atoms with Crippen LogP contribution >= 0.6 is 11.3 Å². The van der Waals surface area contributed by atoms with Crippen LogP contribution in [0.1, 0.15) is 0 Å². The second kappa shape index (κ2) is 10.4. The lowest BCUT2D eigenvalue weighted by atomic mass is 9.98. The zero-order valence-electron chi connectivity index (χ0n) is 27.6. The number of pyridine rings is 1. The number of thiophene rings is 1. The van der Waals surface area contributed by atoms with E-state index in [1.54, 1.807) is 6.20 Å². The van der Waals surface area contributed by atoms with E-state index < -0.39 is 0 Å². The van der Waals surface area contributed by atoms with Crippen molar-refractivity contribution in [1.29, 1.82) is 0 Å². The first-order valence-corrected chi connectivity index (χ1v) is 18.2. The molecule has 0 aliphatic heterocycles. The highest BCUT2D eigenvalue weighted by Gasteiger charge is 2.17. The zero-order chi connectivity index (χ0) is 33.9. The fourth-order valence-corrected chi connectivity index (χ4v) is 9.28. The van der Waals surface area contributed by atoms with Gasteiger partial charge in [-0.1, -0.05) is 60.7 Å². The molecule has 0 fully saturated rings. The number of benzene rings is 7. The van der Waals surface area contributed by atoms with Gasteiger partial charge in [0.1, 0.15) is 16.7 Å². The van der Waals surface area contributed by atoms with Crippen molar-refractivity contribution in [2.75, 3.05) is 0 Å². The summed E-state index contributed by atoms with van der Waals surface area (Å²) in [7, 11) is 0. The van der Waals surface area contributed by atoms with Crippen LogP contribution in [-0.4, -0.2) is 9.55 Å². The van der Waals surface area contributed by atoms with Crippen molar-refractivity contribution in [3.63, 3.8) is 0 Å². The summed E-state index contributed by atoms with van der Waals surface area (Å²) in [5.74, 6) is 0. The molecule has 0 amide bonds. The van der Waals surface area contributed by atoms with E-state index >= 15 is 0 Å². The molecule has 12 rings (SSSR count). The Hall–Kier alpha value is -6.69. The van der Waals surface area contributed by atoms with Crippen LogP contribution in [-0.2, 0) is 0 Å². The average Bonchev–Trinajstić information content (AvgIpc) is 3.95. The Kier molecular flexibility index (Phi) is 5.62. The zero-order valence-corrected chi connectivity index (χ0v) is 28.4. The molecule has 12 aromatic rings. The van der Waals surface area contributed by atoms with Crippen LogP contribution in [0.4, 0.5) is 0 Å². The fraction of sp³-hybridized carbons (Fsp3) is 0. The lowest BCUT2D eigenvalue weighted by Crippen LogP contribution is -1.93. The summed E-state index contributed by atoms with van der Waals surface area (Å²) in [4.78, 5) is 4.44. The van der Waals surface area contributed by atoms with Crippen molar-refractivity contribution < 1.29 is 8.83 Å². The van der Waals surface area contributed by atoms with E-state index in [0.29, 0.717) is 5.71 Å². The molecular weight excluding hydrogens is 657 g/mol. The summed E-state index contributed by atoms with van der Waals surface area (Å²) in [6, 6.07) is 54.6. The highest BCUT2D eigenvalue weighted by atomic mass is 32.1. The Balaban J connectivity index is 0.994. The van der Waals surface area contributed by atoms with Crippen LogP contribution in [0.3, 0.4) is 0 Å². The third-order valence-electron chi connectivity index (χ3n) is 10.7. The summed E-state index contributed by atoms with van der Waals surface area (Å²) < 4.78 is 17.1. The first-order chi connectivity index (χ1) is 25.7. The maximum Gasteiger partial charge on any atom is 0.227 e. The van der Waals surface area contributed by atoms with Gasteiger partial charge in [-0.25, -0.2) is 4.98 Å². The van der Waals surface area contributed by atoms with Gasteiger partial charge in [0.15, 0.2) is 0 Å². The molecule has 0 bridgehead atoms. The van der Waals surface area contributed by atoms with Crippen molar-refractivity contribution in [2.45, 2.75) is 0 Å². The third-order valence-corrected chi connectivity index (χ3v) is 11.8. The molecule has 0 aliphatic rings. The quantitative estimate of drug-likeness (QED) is 0.186. The van der Waals surface area contributed by atoms with Gasteiger partial charge in [0, 0.05) is 64.4 Å². The van der Waals surface area contributed by atoms with Gasteiger partial charge < -0.3 is 13.4 Å². The van der Waals surface area contributed by atoms with Gasteiger partial charge in [-0.05, 0) is 113 Å². The first kappa shape index (κ1) is 28.1. The summed E-state index contributed by atoms with van der Waals surface area (Å²) in [6.45, 7) is 0. The number of aromatic nitrogens is 2. The highest BCUT2D eigenvalue weighted by molar-refractivity contribution is 7.25. The third kappa shape index (κ3) is 3.99. The predicted molar refractivity (Wildman–Crippen MR) is 217 cm³/mol. The van der Waals surface area contributed by atoms with Crippen LogP contribution in [0.25, 0.3) is 114 Å². The molecule has 0 saturated carbocycles. The average molecular weight is 683 g/mol. The van der Waals surface area contributed by atoms with Gasteiger partial charge in [-0.15, -0.1) is 11.3 Å². The maximum absolute atomic E-state index is 6.11. The molecular formula is C47H26N2O2S. The second-order valence-corrected chi connectivity index (χ2v) is 14.6. The smallest absolute Gasteiger partial charge is 0.227 e. The van der Waals surface area contributed by atoms with Crippen LogP contribution in [0.5, 0.6) is 0 Å². The molecule has 5 heterocycles. The fourth-order valence-electron chi connectivity index (χ4n) is 8.21. The minimum absolute atomic E-state index is 0.664. The molecule has 0 aliphatic carbocycles. The van der Waals surface area contributed by atoms with Gasteiger partial charge in [0.2, 0.25) is 5.71 Å². The monoisotopic (exact) mass is 682 g/mol. The Bertz CT molecular complexity index is 3430. The Morgan fingerprint density at radius 3 is 1.81 bits per heavy atom. The van der Waals surface area contributed by atoms with Gasteiger partial charge in [-0.2, -0.15) is 0 Å². The molecule has 5 heteroatoms. The Morgan fingerprint density at radius 1 is 0.404 bits per heavy atom. The predicted octanol–water partition coefficient (Wildman–Crippen LogP) is 13.7. The number of nitrogens with zero attached hydrogens (tertiary/aromatic N) is 2. The van der Waals surface area contributed by atoms with Crippen LogP contribution in [0, 0.1) is 0 Å². The normalized spacial score (nSPS) is 12.2. The van der Waals surface area contributed by atoms with Crippen molar-refractivity contribution in [2.24, 2.45) is 0 Å². The van der Waals surface area contributed by atoms with Crippen LogP contribution < -0.4 is 0 Å². The molecule has 242 valence electrons. The molecule has 7 aromatic carbocycles. The first-order valence-electron chi connectivity index (χ1n) is 17.4. The van der Waals surface area contributed by atoms with Crippen LogP contribution in [0.2, 0.25) is 0 Å². The molecule has 0 radical (unpaired) electrons. The standard InChI is InChI=1S/C47H26N2O2S/c1-3-9-40-32(6-1)35-22-27(11-16-41(35)49(40)31-15-18-44-37(26-31)34-8-5-21-48-47(34)51-44)29-13-19-45-38(24-29)39-25-30(14-20-46(39)52-45)28-12-17-43-36(23-28)33-7-2-4-10-42(33)50-43/h1-26H. The summed E-state index contributed by atoms with van der Waals surface area (Å²) in [5.41, 5.74) is 11.6. The van der Waals surface area contributed by atoms with E-state index in [4.69, 9.17) is 8.83 Å². The number of fused-ring (bicyclic) bond motifs is 12. The van der Waals surface area contributed by atoms with Crippen molar-refractivity contribution >= 4 is 97.3 Å². The molecule has 52 heavy (non-hydrogen) atoms. The Labute approximate surface area is 300 Å². The van der Waals surface area contributed by atoms with E-state index in [2.05, 4.69) is 143 Å². The molecule has 5 aromatic heterocycles. The van der Waals surface area contributed by atoms with E-state index in [-0.39, 0.29) is 0 Å². The summed E-state index contributed by atoms with van der Waals surface area (Å²) in [5, 5.41) is 9.42. The van der Waals surface area contributed by atoms with Gasteiger partial charge in [0.25, 0.3) is 0 Å². The topological polar surface area (TPSA) is 44.1 Å². The van der Waals surface area contributed by atoms with Crippen LogP contribution in [0.15, 0.2) is 167 Å². The Morgan fingerprint density at radius 2 is 0.981 bits per heavy atom. The minimum atomic E-state index is 0.664. The number of hydrogen-bond acceptors (Lipinski definition) is 4. The highest BCUT2D eigenvalue weighted by Crippen LogP contribution is 2.41.